The highest BCUT2D eigenvalue weighted by atomic mass is 15.2. The van der Waals surface area contributed by atoms with Gasteiger partial charge in [0.1, 0.15) is 0 Å². The zero-order chi connectivity index (χ0) is 10.3. The largest absolute Gasteiger partial charge is 0.293 e. The van der Waals surface area contributed by atoms with E-state index in [4.69, 9.17) is 0 Å². The molecule has 2 unspecified atom stereocenters. The Balaban J connectivity index is 2.16. The van der Waals surface area contributed by atoms with Crippen molar-refractivity contribution in [2.75, 3.05) is 13.1 Å². The van der Waals surface area contributed by atoms with Crippen LogP contribution in [-0.4, -0.2) is 23.5 Å². The van der Waals surface area contributed by atoms with Crippen LogP contribution < -0.4 is 0 Å². The molecule has 0 aromatic rings. The summed E-state index contributed by atoms with van der Waals surface area (Å²) in [7, 11) is 0. The zero-order valence-electron chi connectivity index (χ0n) is 9.84. The molecule has 1 nitrogen and oxygen atoms in total. The van der Waals surface area contributed by atoms with E-state index in [9.17, 15) is 0 Å². The van der Waals surface area contributed by atoms with Gasteiger partial charge < -0.3 is 0 Å². The Kier molecular flexibility index (Phi) is 2.46. The van der Waals surface area contributed by atoms with Gasteiger partial charge in [0.05, 0.1) is 0 Å². The third-order valence-corrected chi connectivity index (χ3v) is 3.71. The molecular formula is C13H23N. The molecule has 2 heterocycles. The summed E-state index contributed by atoms with van der Waals surface area (Å²) in [4.78, 5) is 2.69. The first kappa shape index (κ1) is 10.2. The van der Waals surface area contributed by atoms with Crippen molar-refractivity contribution in [2.45, 2.75) is 45.6 Å². The Bertz CT molecular complexity index is 244. The molecule has 1 heteroatoms. The molecule has 2 aliphatic rings. The van der Waals surface area contributed by atoms with Gasteiger partial charge >= 0.3 is 0 Å². The van der Waals surface area contributed by atoms with Gasteiger partial charge in [0.2, 0.25) is 0 Å². The molecule has 80 valence electrons. The molecule has 2 atom stereocenters. The van der Waals surface area contributed by atoms with E-state index in [1.807, 2.05) is 0 Å². The first-order valence-corrected chi connectivity index (χ1v) is 5.93. The molecule has 0 radical (unpaired) electrons. The van der Waals surface area contributed by atoms with Crippen LogP contribution in [0.3, 0.4) is 0 Å². The van der Waals surface area contributed by atoms with Crippen LogP contribution in [0.5, 0.6) is 0 Å². The van der Waals surface area contributed by atoms with Crippen LogP contribution in [-0.2, 0) is 0 Å². The lowest BCUT2D eigenvalue weighted by Crippen LogP contribution is -2.39. The van der Waals surface area contributed by atoms with E-state index in [2.05, 4.69) is 32.3 Å². The van der Waals surface area contributed by atoms with E-state index in [1.165, 1.54) is 31.4 Å². The molecule has 0 amide bonds. The van der Waals surface area contributed by atoms with Gasteiger partial charge in [-0.25, -0.2) is 0 Å². The third kappa shape index (κ3) is 1.63. The SMILES string of the molecule is C=C1CN2CC(C)CC2(CC(C)C)C1. The van der Waals surface area contributed by atoms with E-state index in [1.54, 1.807) is 0 Å². The van der Waals surface area contributed by atoms with Crippen molar-refractivity contribution in [1.82, 2.24) is 4.90 Å². The van der Waals surface area contributed by atoms with Crippen LogP contribution in [0, 0.1) is 11.8 Å². The Labute approximate surface area is 88.2 Å². The minimum Gasteiger partial charge on any atom is -0.293 e. The molecule has 0 saturated carbocycles. The van der Waals surface area contributed by atoms with Crippen LogP contribution in [0.1, 0.15) is 40.0 Å². The van der Waals surface area contributed by atoms with Gasteiger partial charge in [-0.2, -0.15) is 0 Å². The lowest BCUT2D eigenvalue weighted by molar-refractivity contribution is 0.163. The summed E-state index contributed by atoms with van der Waals surface area (Å²) < 4.78 is 0. The first-order chi connectivity index (χ1) is 6.52. The van der Waals surface area contributed by atoms with Crippen LogP contribution >= 0.6 is 0 Å². The van der Waals surface area contributed by atoms with E-state index in [0.29, 0.717) is 5.54 Å². The number of hydrogen-bond acceptors (Lipinski definition) is 1. The maximum absolute atomic E-state index is 4.17. The fourth-order valence-corrected chi connectivity index (χ4v) is 3.66. The summed E-state index contributed by atoms with van der Waals surface area (Å²) in [6, 6.07) is 0. The fraction of sp³-hybridized carbons (Fsp3) is 0.846. The second-order valence-electron chi connectivity index (χ2n) is 5.94. The second kappa shape index (κ2) is 3.37. The summed E-state index contributed by atoms with van der Waals surface area (Å²) in [6.07, 6.45) is 4.01. The maximum atomic E-state index is 4.17. The van der Waals surface area contributed by atoms with Gasteiger partial charge in [-0.1, -0.05) is 32.9 Å². The normalized spacial score (nSPS) is 38.3. The molecular weight excluding hydrogens is 170 g/mol. The number of fused-ring (bicyclic) bond motifs is 1. The highest BCUT2D eigenvalue weighted by molar-refractivity contribution is 5.18. The van der Waals surface area contributed by atoms with Gasteiger partial charge in [0.15, 0.2) is 0 Å². The molecule has 0 aromatic heterocycles. The fourth-order valence-electron chi connectivity index (χ4n) is 3.66. The molecule has 0 aromatic carbocycles. The average Bonchev–Trinajstić information content (AvgIpc) is 2.36. The van der Waals surface area contributed by atoms with Crippen LogP contribution in [0.4, 0.5) is 0 Å². The van der Waals surface area contributed by atoms with E-state index in [0.717, 1.165) is 18.4 Å². The predicted octanol–water partition coefficient (Wildman–Crippen LogP) is 3.07. The van der Waals surface area contributed by atoms with Gasteiger partial charge in [-0.15, -0.1) is 0 Å². The molecule has 0 spiro atoms. The Hall–Kier alpha value is -0.300. The lowest BCUT2D eigenvalue weighted by Gasteiger charge is -2.33. The van der Waals surface area contributed by atoms with E-state index >= 15 is 0 Å². The molecule has 0 bridgehead atoms. The monoisotopic (exact) mass is 193 g/mol. The second-order valence-corrected chi connectivity index (χ2v) is 5.94. The van der Waals surface area contributed by atoms with Crippen molar-refractivity contribution in [3.05, 3.63) is 12.2 Å². The molecule has 14 heavy (non-hydrogen) atoms. The van der Waals surface area contributed by atoms with Crippen molar-refractivity contribution in [2.24, 2.45) is 11.8 Å². The standard InChI is InChI=1S/C13H23N/c1-10(2)5-13-6-11(3)8-14(13)9-12(4)7-13/h10,12H,3,5-9H2,1-2,4H3. The summed E-state index contributed by atoms with van der Waals surface area (Å²) in [5, 5.41) is 0. The molecule has 2 rings (SSSR count). The summed E-state index contributed by atoms with van der Waals surface area (Å²) in [6.45, 7) is 13.7. The Morgan fingerprint density at radius 3 is 2.93 bits per heavy atom. The third-order valence-electron chi connectivity index (χ3n) is 3.71. The van der Waals surface area contributed by atoms with Crippen molar-refractivity contribution >= 4 is 0 Å². The van der Waals surface area contributed by atoms with Crippen LogP contribution in [0.15, 0.2) is 12.2 Å². The molecule has 2 fully saturated rings. The lowest BCUT2D eigenvalue weighted by atomic mass is 9.82. The number of rotatable bonds is 2. The maximum Gasteiger partial charge on any atom is 0.0256 e. The first-order valence-electron chi connectivity index (χ1n) is 5.93. The Morgan fingerprint density at radius 2 is 2.29 bits per heavy atom. The highest BCUT2D eigenvalue weighted by Crippen LogP contribution is 2.46. The molecule has 2 aliphatic heterocycles. The smallest absolute Gasteiger partial charge is 0.0256 e. The average molecular weight is 193 g/mol. The number of hydrogen-bond donors (Lipinski definition) is 0. The topological polar surface area (TPSA) is 3.24 Å². The minimum absolute atomic E-state index is 0.505. The highest BCUT2D eigenvalue weighted by Gasteiger charge is 2.48. The Morgan fingerprint density at radius 1 is 1.57 bits per heavy atom. The quantitative estimate of drug-likeness (QED) is 0.609. The van der Waals surface area contributed by atoms with Gasteiger partial charge in [0, 0.05) is 18.6 Å². The van der Waals surface area contributed by atoms with Crippen molar-refractivity contribution in [3.63, 3.8) is 0 Å². The van der Waals surface area contributed by atoms with Gasteiger partial charge in [-0.3, -0.25) is 4.90 Å². The van der Waals surface area contributed by atoms with Gasteiger partial charge in [-0.05, 0) is 31.1 Å². The minimum atomic E-state index is 0.505. The van der Waals surface area contributed by atoms with E-state index < -0.39 is 0 Å². The molecule has 0 aliphatic carbocycles. The summed E-state index contributed by atoms with van der Waals surface area (Å²) in [5.41, 5.74) is 1.96. The number of nitrogens with zero attached hydrogens (tertiary/aromatic N) is 1. The van der Waals surface area contributed by atoms with Crippen molar-refractivity contribution in [1.29, 1.82) is 0 Å². The summed E-state index contributed by atoms with van der Waals surface area (Å²) >= 11 is 0. The van der Waals surface area contributed by atoms with Crippen molar-refractivity contribution in [3.8, 4) is 0 Å². The van der Waals surface area contributed by atoms with Crippen LogP contribution in [0.25, 0.3) is 0 Å². The van der Waals surface area contributed by atoms with Crippen LogP contribution in [0.2, 0.25) is 0 Å². The van der Waals surface area contributed by atoms with Crippen molar-refractivity contribution < 1.29 is 0 Å². The predicted molar refractivity (Wildman–Crippen MR) is 61.3 cm³/mol. The molecule has 2 saturated heterocycles. The zero-order valence-corrected chi connectivity index (χ0v) is 9.84. The summed E-state index contributed by atoms with van der Waals surface area (Å²) in [5.74, 6) is 1.70. The van der Waals surface area contributed by atoms with E-state index in [-0.39, 0.29) is 0 Å². The molecule has 0 N–H and O–H groups in total. The van der Waals surface area contributed by atoms with Gasteiger partial charge in [0.25, 0.3) is 0 Å².